The average molecular weight is 200 g/mol. The minimum Gasteiger partial charge on any atom is -0.329 e. The average Bonchev–Trinajstić information content (AvgIpc) is 2.62. The van der Waals surface area contributed by atoms with Gasteiger partial charge >= 0.3 is 0 Å². The fourth-order valence-electron chi connectivity index (χ4n) is 1.52. The Bertz CT molecular complexity index is 460. The Labute approximate surface area is 88.4 Å². The Morgan fingerprint density at radius 2 is 2.07 bits per heavy atom. The van der Waals surface area contributed by atoms with Crippen molar-refractivity contribution in [1.29, 1.82) is 0 Å². The standard InChI is InChI=1S/C12H12N2O/c1-14-11(9-15)8-13-12(14)7-10-5-3-2-4-6-10/h2-6,8-9H,7H2,1H3. The highest BCUT2D eigenvalue weighted by Gasteiger charge is 2.05. The maximum atomic E-state index is 10.6. The van der Waals surface area contributed by atoms with Crippen LogP contribution in [-0.2, 0) is 13.5 Å². The Morgan fingerprint density at radius 1 is 1.33 bits per heavy atom. The van der Waals surface area contributed by atoms with Gasteiger partial charge in [-0.05, 0) is 5.56 Å². The first-order valence-corrected chi connectivity index (χ1v) is 4.81. The second kappa shape index (κ2) is 4.09. The summed E-state index contributed by atoms with van der Waals surface area (Å²) < 4.78 is 1.82. The molecule has 0 fully saturated rings. The predicted octanol–water partition coefficient (Wildman–Crippen LogP) is 1.82. The number of aromatic nitrogens is 2. The van der Waals surface area contributed by atoms with Crippen LogP contribution >= 0.6 is 0 Å². The van der Waals surface area contributed by atoms with E-state index in [0.29, 0.717) is 5.69 Å². The number of hydrogen-bond donors (Lipinski definition) is 0. The van der Waals surface area contributed by atoms with Gasteiger partial charge in [-0.15, -0.1) is 0 Å². The first-order chi connectivity index (χ1) is 7.31. The van der Waals surface area contributed by atoms with Gasteiger partial charge in [-0.3, -0.25) is 4.79 Å². The molecule has 0 atom stereocenters. The predicted molar refractivity (Wildman–Crippen MR) is 57.8 cm³/mol. The largest absolute Gasteiger partial charge is 0.329 e. The van der Waals surface area contributed by atoms with Gasteiger partial charge in [-0.2, -0.15) is 0 Å². The lowest BCUT2D eigenvalue weighted by atomic mass is 10.1. The monoisotopic (exact) mass is 200 g/mol. The molecule has 3 heteroatoms. The van der Waals surface area contributed by atoms with Crippen molar-refractivity contribution >= 4 is 6.29 Å². The number of nitrogens with zero attached hydrogens (tertiary/aromatic N) is 2. The van der Waals surface area contributed by atoms with Gasteiger partial charge in [0.15, 0.2) is 6.29 Å². The van der Waals surface area contributed by atoms with E-state index in [1.54, 1.807) is 6.20 Å². The van der Waals surface area contributed by atoms with Crippen LogP contribution in [0.1, 0.15) is 21.9 Å². The number of hydrogen-bond acceptors (Lipinski definition) is 2. The summed E-state index contributed by atoms with van der Waals surface area (Å²) in [5.74, 6) is 0.906. The highest BCUT2D eigenvalue weighted by Crippen LogP contribution is 2.08. The van der Waals surface area contributed by atoms with E-state index in [2.05, 4.69) is 17.1 Å². The molecule has 2 rings (SSSR count). The van der Waals surface area contributed by atoms with Crippen LogP contribution in [0.4, 0.5) is 0 Å². The zero-order valence-electron chi connectivity index (χ0n) is 8.55. The van der Waals surface area contributed by atoms with E-state index in [-0.39, 0.29) is 0 Å². The van der Waals surface area contributed by atoms with E-state index >= 15 is 0 Å². The summed E-state index contributed by atoms with van der Waals surface area (Å²) in [6.07, 6.45) is 3.18. The number of rotatable bonds is 3. The number of imidazole rings is 1. The van der Waals surface area contributed by atoms with Gasteiger partial charge in [0, 0.05) is 13.5 Å². The van der Waals surface area contributed by atoms with Crippen LogP contribution in [0.2, 0.25) is 0 Å². The van der Waals surface area contributed by atoms with Gasteiger partial charge in [0.25, 0.3) is 0 Å². The van der Waals surface area contributed by atoms with E-state index in [0.717, 1.165) is 18.5 Å². The van der Waals surface area contributed by atoms with E-state index in [1.165, 1.54) is 5.56 Å². The van der Waals surface area contributed by atoms with E-state index in [4.69, 9.17) is 0 Å². The number of benzene rings is 1. The number of carbonyl (C=O) groups excluding carboxylic acids is 1. The summed E-state index contributed by atoms with van der Waals surface area (Å²) in [7, 11) is 1.86. The molecule has 0 bridgehead atoms. The van der Waals surface area contributed by atoms with Crippen molar-refractivity contribution in [2.45, 2.75) is 6.42 Å². The van der Waals surface area contributed by atoms with Gasteiger partial charge in [0.1, 0.15) is 11.5 Å². The van der Waals surface area contributed by atoms with E-state index < -0.39 is 0 Å². The molecule has 0 aliphatic rings. The van der Waals surface area contributed by atoms with Crippen molar-refractivity contribution in [1.82, 2.24) is 9.55 Å². The molecular formula is C12H12N2O. The van der Waals surface area contributed by atoms with Gasteiger partial charge in [-0.1, -0.05) is 30.3 Å². The van der Waals surface area contributed by atoms with E-state index in [1.807, 2.05) is 29.8 Å². The van der Waals surface area contributed by atoms with Gasteiger partial charge in [0.2, 0.25) is 0 Å². The molecule has 3 nitrogen and oxygen atoms in total. The SMILES string of the molecule is Cn1c(C=O)cnc1Cc1ccccc1. The molecule has 0 unspecified atom stereocenters. The van der Waals surface area contributed by atoms with Crippen molar-refractivity contribution in [3.63, 3.8) is 0 Å². The first-order valence-electron chi connectivity index (χ1n) is 4.81. The third kappa shape index (κ3) is 1.96. The lowest BCUT2D eigenvalue weighted by Gasteiger charge is -2.02. The molecule has 0 aliphatic carbocycles. The second-order valence-corrected chi connectivity index (χ2v) is 3.44. The molecule has 0 spiro atoms. The Hall–Kier alpha value is -1.90. The number of aldehydes is 1. The Balaban J connectivity index is 2.25. The van der Waals surface area contributed by atoms with Gasteiger partial charge < -0.3 is 4.57 Å². The van der Waals surface area contributed by atoms with Crippen molar-refractivity contribution in [2.75, 3.05) is 0 Å². The maximum Gasteiger partial charge on any atom is 0.168 e. The lowest BCUT2D eigenvalue weighted by Crippen LogP contribution is -2.01. The summed E-state index contributed by atoms with van der Waals surface area (Å²) in [5.41, 5.74) is 1.81. The summed E-state index contributed by atoms with van der Waals surface area (Å²) in [6.45, 7) is 0. The summed E-state index contributed by atoms with van der Waals surface area (Å²) in [5, 5.41) is 0. The van der Waals surface area contributed by atoms with Crippen molar-refractivity contribution in [2.24, 2.45) is 7.05 Å². The molecule has 1 aromatic carbocycles. The normalized spacial score (nSPS) is 10.2. The fraction of sp³-hybridized carbons (Fsp3) is 0.167. The minimum absolute atomic E-state index is 0.612. The van der Waals surface area contributed by atoms with Crippen LogP contribution in [0, 0.1) is 0 Å². The second-order valence-electron chi connectivity index (χ2n) is 3.44. The zero-order chi connectivity index (χ0) is 10.7. The Morgan fingerprint density at radius 3 is 2.67 bits per heavy atom. The molecule has 0 radical (unpaired) electrons. The van der Waals surface area contributed by atoms with E-state index in [9.17, 15) is 4.79 Å². The highest BCUT2D eigenvalue weighted by atomic mass is 16.1. The van der Waals surface area contributed by atoms with Crippen LogP contribution in [-0.4, -0.2) is 15.8 Å². The molecule has 1 heterocycles. The molecule has 0 saturated carbocycles. The molecule has 15 heavy (non-hydrogen) atoms. The summed E-state index contributed by atoms with van der Waals surface area (Å²) in [4.78, 5) is 14.8. The van der Waals surface area contributed by atoms with Crippen molar-refractivity contribution in [3.8, 4) is 0 Å². The third-order valence-electron chi connectivity index (χ3n) is 2.45. The molecule has 0 amide bonds. The molecular weight excluding hydrogens is 188 g/mol. The Kier molecular flexibility index (Phi) is 2.63. The molecule has 2 aromatic rings. The summed E-state index contributed by atoms with van der Waals surface area (Å²) >= 11 is 0. The van der Waals surface area contributed by atoms with Crippen molar-refractivity contribution < 1.29 is 4.79 Å². The third-order valence-corrected chi connectivity index (χ3v) is 2.45. The zero-order valence-corrected chi connectivity index (χ0v) is 8.55. The minimum atomic E-state index is 0.612. The molecule has 0 saturated heterocycles. The molecule has 76 valence electrons. The van der Waals surface area contributed by atoms with Crippen LogP contribution in [0.3, 0.4) is 0 Å². The van der Waals surface area contributed by atoms with Crippen LogP contribution in [0.5, 0.6) is 0 Å². The smallest absolute Gasteiger partial charge is 0.168 e. The maximum absolute atomic E-state index is 10.6. The number of carbonyl (C=O) groups is 1. The topological polar surface area (TPSA) is 34.9 Å². The molecule has 0 aliphatic heterocycles. The quantitative estimate of drug-likeness (QED) is 0.708. The first kappa shape index (κ1) is 9.65. The van der Waals surface area contributed by atoms with Crippen LogP contribution in [0.25, 0.3) is 0 Å². The molecule has 1 aromatic heterocycles. The van der Waals surface area contributed by atoms with Crippen LogP contribution < -0.4 is 0 Å². The molecule has 0 N–H and O–H groups in total. The fourth-order valence-corrected chi connectivity index (χ4v) is 1.52. The lowest BCUT2D eigenvalue weighted by molar-refractivity contribution is 0.111. The van der Waals surface area contributed by atoms with Crippen molar-refractivity contribution in [3.05, 3.63) is 53.6 Å². The summed E-state index contributed by atoms with van der Waals surface area (Å²) in [6, 6.07) is 10.1. The highest BCUT2D eigenvalue weighted by molar-refractivity contribution is 5.71. The van der Waals surface area contributed by atoms with Gasteiger partial charge in [0.05, 0.1) is 6.20 Å². The van der Waals surface area contributed by atoms with Crippen LogP contribution in [0.15, 0.2) is 36.5 Å². The van der Waals surface area contributed by atoms with Gasteiger partial charge in [-0.25, -0.2) is 4.98 Å².